The maximum absolute atomic E-state index is 5.80. The summed E-state index contributed by atoms with van der Waals surface area (Å²) in [6.07, 6.45) is 0.986. The van der Waals surface area contributed by atoms with E-state index in [0.29, 0.717) is 5.88 Å². The molecule has 0 rings (SSSR count). The number of alkyl halides is 1. The van der Waals surface area contributed by atoms with Gasteiger partial charge < -0.3 is 4.74 Å². The molecule has 0 aliphatic heterocycles. The quantitative estimate of drug-likeness (QED) is 0.602. The van der Waals surface area contributed by atoms with Crippen molar-refractivity contribution in [2.75, 3.05) is 13.0 Å². The lowest BCUT2D eigenvalue weighted by Crippen LogP contribution is -2.31. The Morgan fingerprint density at radius 1 is 1.18 bits per heavy atom. The number of hydrogen-bond acceptors (Lipinski definition) is 1. The average Bonchev–Trinajstić information content (AvgIpc) is 1.86. The monoisotopic (exact) mass is 178 g/mol. The van der Waals surface area contributed by atoms with E-state index in [1.54, 1.807) is 7.11 Å². The topological polar surface area (TPSA) is 9.23 Å². The molecule has 0 aliphatic carbocycles. The Bertz CT molecular complexity index is 105. The normalized spacial score (nSPS) is 13.6. The lowest BCUT2D eigenvalue weighted by Gasteiger charge is -2.32. The predicted octanol–water partition coefficient (Wildman–Crippen LogP) is 3.07. The Labute approximate surface area is 75.1 Å². The molecule has 0 aromatic rings. The van der Waals surface area contributed by atoms with Crippen LogP contribution in [0, 0.1) is 5.41 Å². The highest BCUT2D eigenvalue weighted by Crippen LogP contribution is 2.30. The SMILES string of the molecule is COC(C)(C)CC(C)(C)CCl. The number of methoxy groups -OCH3 is 1. The van der Waals surface area contributed by atoms with Gasteiger partial charge in [-0.25, -0.2) is 0 Å². The highest BCUT2D eigenvalue weighted by Gasteiger charge is 2.27. The molecule has 11 heavy (non-hydrogen) atoms. The third-order valence-electron chi connectivity index (χ3n) is 1.82. The molecule has 0 aromatic carbocycles. The van der Waals surface area contributed by atoms with Crippen LogP contribution in [-0.4, -0.2) is 18.6 Å². The number of hydrogen-bond donors (Lipinski definition) is 0. The second-order valence-electron chi connectivity index (χ2n) is 4.44. The van der Waals surface area contributed by atoms with Gasteiger partial charge in [-0.05, 0) is 25.7 Å². The van der Waals surface area contributed by atoms with Crippen LogP contribution in [0.15, 0.2) is 0 Å². The van der Waals surface area contributed by atoms with E-state index >= 15 is 0 Å². The molecule has 2 heteroatoms. The van der Waals surface area contributed by atoms with Crippen LogP contribution in [0.1, 0.15) is 34.1 Å². The smallest absolute Gasteiger partial charge is 0.0628 e. The van der Waals surface area contributed by atoms with Crippen LogP contribution in [0.3, 0.4) is 0 Å². The van der Waals surface area contributed by atoms with Gasteiger partial charge >= 0.3 is 0 Å². The predicted molar refractivity (Wildman–Crippen MR) is 50.2 cm³/mol. The highest BCUT2D eigenvalue weighted by atomic mass is 35.5. The molecule has 1 nitrogen and oxygen atoms in total. The Hall–Kier alpha value is 0.250. The van der Waals surface area contributed by atoms with E-state index in [2.05, 4.69) is 27.7 Å². The van der Waals surface area contributed by atoms with Gasteiger partial charge in [0.1, 0.15) is 0 Å². The molecule has 0 aromatic heterocycles. The molecule has 0 heterocycles. The van der Waals surface area contributed by atoms with Crippen LogP contribution < -0.4 is 0 Å². The van der Waals surface area contributed by atoms with Crippen LogP contribution in [0.5, 0.6) is 0 Å². The summed E-state index contributed by atoms with van der Waals surface area (Å²) in [6, 6.07) is 0. The van der Waals surface area contributed by atoms with E-state index in [4.69, 9.17) is 16.3 Å². The van der Waals surface area contributed by atoms with Crippen molar-refractivity contribution in [3.05, 3.63) is 0 Å². The van der Waals surface area contributed by atoms with E-state index in [1.165, 1.54) is 0 Å². The van der Waals surface area contributed by atoms with Crippen molar-refractivity contribution in [2.24, 2.45) is 5.41 Å². The molecule has 0 amide bonds. The van der Waals surface area contributed by atoms with Crippen LogP contribution in [-0.2, 0) is 4.74 Å². The first-order valence-corrected chi connectivity index (χ1v) is 4.47. The van der Waals surface area contributed by atoms with E-state index < -0.39 is 0 Å². The molecule has 0 bridgehead atoms. The minimum atomic E-state index is -0.0572. The van der Waals surface area contributed by atoms with E-state index in [0.717, 1.165) is 6.42 Å². The zero-order valence-electron chi connectivity index (χ0n) is 8.20. The van der Waals surface area contributed by atoms with Crippen LogP contribution in [0.25, 0.3) is 0 Å². The van der Waals surface area contributed by atoms with Crippen LogP contribution in [0.2, 0.25) is 0 Å². The first-order valence-electron chi connectivity index (χ1n) is 3.94. The van der Waals surface area contributed by atoms with E-state index in [9.17, 15) is 0 Å². The third-order valence-corrected chi connectivity index (χ3v) is 2.54. The summed E-state index contributed by atoms with van der Waals surface area (Å²) in [7, 11) is 1.74. The fourth-order valence-electron chi connectivity index (χ4n) is 1.27. The second-order valence-corrected chi connectivity index (χ2v) is 4.71. The summed E-state index contributed by atoms with van der Waals surface area (Å²) in [5.41, 5.74) is 0.111. The van der Waals surface area contributed by atoms with Gasteiger partial charge in [-0.1, -0.05) is 13.8 Å². The molecule has 0 fully saturated rings. The van der Waals surface area contributed by atoms with Crippen molar-refractivity contribution in [2.45, 2.75) is 39.7 Å². The molecule has 0 atom stereocenters. The number of ether oxygens (including phenoxy) is 1. The Morgan fingerprint density at radius 3 is 1.91 bits per heavy atom. The van der Waals surface area contributed by atoms with E-state index in [1.807, 2.05) is 0 Å². The third kappa shape index (κ3) is 4.65. The lowest BCUT2D eigenvalue weighted by molar-refractivity contribution is -0.00872. The van der Waals surface area contributed by atoms with Gasteiger partial charge in [-0.2, -0.15) is 0 Å². The Morgan fingerprint density at radius 2 is 1.64 bits per heavy atom. The largest absolute Gasteiger partial charge is 0.379 e. The van der Waals surface area contributed by atoms with Gasteiger partial charge in [0.15, 0.2) is 0 Å². The Balaban J connectivity index is 4.02. The van der Waals surface area contributed by atoms with Gasteiger partial charge in [0.05, 0.1) is 5.60 Å². The summed E-state index contributed by atoms with van der Waals surface area (Å²) in [5.74, 6) is 0.680. The molecule has 0 saturated carbocycles. The molecule has 0 saturated heterocycles. The van der Waals surface area contributed by atoms with Crippen molar-refractivity contribution in [1.29, 1.82) is 0 Å². The fraction of sp³-hybridized carbons (Fsp3) is 1.00. The van der Waals surface area contributed by atoms with Crippen molar-refractivity contribution in [1.82, 2.24) is 0 Å². The summed E-state index contributed by atoms with van der Waals surface area (Å²) in [4.78, 5) is 0. The van der Waals surface area contributed by atoms with Gasteiger partial charge in [-0.15, -0.1) is 11.6 Å². The molecule has 0 unspecified atom stereocenters. The molecule has 0 aliphatic rings. The van der Waals surface area contributed by atoms with Gasteiger partial charge in [0, 0.05) is 13.0 Å². The minimum Gasteiger partial charge on any atom is -0.379 e. The van der Waals surface area contributed by atoms with Crippen molar-refractivity contribution < 1.29 is 4.74 Å². The standard InChI is InChI=1S/C9H19ClO/c1-8(2,7-10)6-9(3,4)11-5/h6-7H2,1-5H3. The van der Waals surface area contributed by atoms with Gasteiger partial charge in [-0.3, -0.25) is 0 Å². The summed E-state index contributed by atoms with van der Waals surface area (Å²) >= 11 is 5.80. The summed E-state index contributed by atoms with van der Waals surface area (Å²) in [5, 5.41) is 0. The minimum absolute atomic E-state index is 0.0572. The number of rotatable bonds is 4. The first-order chi connectivity index (χ1) is 4.83. The zero-order valence-corrected chi connectivity index (χ0v) is 8.96. The second kappa shape index (κ2) is 3.77. The number of halogens is 1. The molecular weight excluding hydrogens is 160 g/mol. The zero-order chi connectivity index (χ0) is 9.12. The van der Waals surface area contributed by atoms with Crippen LogP contribution >= 0.6 is 11.6 Å². The lowest BCUT2D eigenvalue weighted by atomic mass is 9.83. The van der Waals surface area contributed by atoms with E-state index in [-0.39, 0.29) is 11.0 Å². The highest BCUT2D eigenvalue weighted by molar-refractivity contribution is 6.18. The molecule has 0 radical (unpaired) electrons. The summed E-state index contributed by atoms with van der Waals surface area (Å²) < 4.78 is 5.32. The maximum atomic E-state index is 5.80. The average molecular weight is 179 g/mol. The molecule has 0 N–H and O–H groups in total. The molecular formula is C9H19ClO. The van der Waals surface area contributed by atoms with Gasteiger partial charge in [0.2, 0.25) is 0 Å². The van der Waals surface area contributed by atoms with Crippen molar-refractivity contribution in [3.63, 3.8) is 0 Å². The van der Waals surface area contributed by atoms with Crippen LogP contribution in [0.4, 0.5) is 0 Å². The maximum Gasteiger partial charge on any atom is 0.0628 e. The summed E-state index contributed by atoms with van der Waals surface area (Å²) in [6.45, 7) is 8.48. The van der Waals surface area contributed by atoms with Crippen molar-refractivity contribution >= 4 is 11.6 Å². The molecule has 68 valence electrons. The first kappa shape index (κ1) is 11.2. The molecule has 0 spiro atoms. The van der Waals surface area contributed by atoms with Gasteiger partial charge in [0.25, 0.3) is 0 Å². The fourth-order valence-corrected chi connectivity index (χ4v) is 1.37. The Kier molecular flexibility index (Phi) is 3.86. The van der Waals surface area contributed by atoms with Crippen molar-refractivity contribution in [3.8, 4) is 0 Å².